The average molecular weight is 314 g/mol. The molecular weight excluding hydrogens is 294 g/mol. The van der Waals surface area contributed by atoms with E-state index in [0.717, 1.165) is 5.56 Å². The zero-order valence-electron chi connectivity index (χ0n) is 13.1. The lowest BCUT2D eigenvalue weighted by atomic mass is 10.1. The quantitative estimate of drug-likeness (QED) is 0.633. The van der Waals surface area contributed by atoms with Crippen molar-refractivity contribution in [3.63, 3.8) is 0 Å². The SMILES string of the molecule is C[C@H]([NH2+][C@H](C)c1ccccc1)C(=O)Nc1ccccc1[N+](=O)[O-]. The smallest absolute Gasteiger partial charge is 0.292 e. The lowest BCUT2D eigenvalue weighted by molar-refractivity contribution is -0.709. The number of nitro benzene ring substituents is 1. The number of quaternary nitrogens is 1. The molecule has 0 aliphatic rings. The summed E-state index contributed by atoms with van der Waals surface area (Å²) in [4.78, 5) is 22.8. The highest BCUT2D eigenvalue weighted by Crippen LogP contribution is 2.23. The van der Waals surface area contributed by atoms with E-state index in [4.69, 9.17) is 0 Å². The number of rotatable bonds is 6. The molecule has 0 aliphatic carbocycles. The highest BCUT2D eigenvalue weighted by molar-refractivity contribution is 5.95. The second kappa shape index (κ2) is 7.51. The molecule has 2 atom stereocenters. The molecule has 0 bridgehead atoms. The number of nitrogens with two attached hydrogens (primary N) is 1. The van der Waals surface area contributed by atoms with Crippen LogP contribution >= 0.6 is 0 Å². The lowest BCUT2D eigenvalue weighted by Crippen LogP contribution is -2.91. The van der Waals surface area contributed by atoms with E-state index in [-0.39, 0.29) is 29.4 Å². The van der Waals surface area contributed by atoms with Gasteiger partial charge in [0.05, 0.1) is 4.92 Å². The van der Waals surface area contributed by atoms with Crippen LogP contribution in [0.25, 0.3) is 0 Å². The van der Waals surface area contributed by atoms with Crippen LogP contribution in [0.15, 0.2) is 54.6 Å². The molecule has 6 nitrogen and oxygen atoms in total. The fourth-order valence-corrected chi connectivity index (χ4v) is 2.37. The maximum absolute atomic E-state index is 12.3. The average Bonchev–Trinajstić information content (AvgIpc) is 2.55. The van der Waals surface area contributed by atoms with Gasteiger partial charge in [0.1, 0.15) is 11.7 Å². The highest BCUT2D eigenvalue weighted by Gasteiger charge is 2.23. The Kier molecular flexibility index (Phi) is 5.43. The molecule has 0 heterocycles. The Morgan fingerprint density at radius 3 is 2.35 bits per heavy atom. The molecule has 2 aromatic rings. The molecule has 0 fully saturated rings. The molecule has 120 valence electrons. The van der Waals surface area contributed by atoms with E-state index in [1.165, 1.54) is 12.1 Å². The minimum atomic E-state index is -0.503. The van der Waals surface area contributed by atoms with E-state index in [1.807, 2.05) is 42.6 Å². The van der Waals surface area contributed by atoms with Crippen molar-refractivity contribution >= 4 is 17.3 Å². The van der Waals surface area contributed by atoms with E-state index in [1.54, 1.807) is 19.1 Å². The molecule has 0 spiro atoms. The van der Waals surface area contributed by atoms with E-state index in [9.17, 15) is 14.9 Å². The number of hydrogen-bond donors (Lipinski definition) is 2. The van der Waals surface area contributed by atoms with Gasteiger partial charge in [-0.1, -0.05) is 42.5 Å². The monoisotopic (exact) mass is 314 g/mol. The Morgan fingerprint density at radius 1 is 1.09 bits per heavy atom. The van der Waals surface area contributed by atoms with Crippen molar-refractivity contribution in [2.75, 3.05) is 5.32 Å². The van der Waals surface area contributed by atoms with Crippen LogP contribution in [0.5, 0.6) is 0 Å². The number of carbonyl (C=O) groups excluding carboxylic acids is 1. The molecule has 23 heavy (non-hydrogen) atoms. The zero-order chi connectivity index (χ0) is 16.8. The first-order valence-corrected chi connectivity index (χ1v) is 7.43. The number of nitro groups is 1. The van der Waals surface area contributed by atoms with Gasteiger partial charge in [-0.25, -0.2) is 0 Å². The van der Waals surface area contributed by atoms with Gasteiger partial charge in [-0.3, -0.25) is 14.9 Å². The number of carbonyl (C=O) groups is 1. The molecule has 2 aromatic carbocycles. The first-order chi connectivity index (χ1) is 11.0. The molecule has 0 saturated heterocycles. The van der Waals surface area contributed by atoms with Crippen molar-refractivity contribution in [3.8, 4) is 0 Å². The summed E-state index contributed by atoms with van der Waals surface area (Å²) in [5.41, 5.74) is 1.23. The van der Waals surface area contributed by atoms with Crippen LogP contribution in [0.4, 0.5) is 11.4 Å². The first kappa shape index (κ1) is 16.6. The Bertz CT molecular complexity index is 688. The number of hydrogen-bond acceptors (Lipinski definition) is 3. The number of anilines is 1. The van der Waals surface area contributed by atoms with Gasteiger partial charge < -0.3 is 10.6 Å². The molecule has 6 heteroatoms. The second-order valence-electron chi connectivity index (χ2n) is 5.44. The molecule has 0 unspecified atom stereocenters. The Balaban J connectivity index is 2.02. The van der Waals surface area contributed by atoms with Crippen molar-refractivity contribution < 1.29 is 15.0 Å². The summed E-state index contributed by atoms with van der Waals surface area (Å²) in [6.07, 6.45) is 0. The van der Waals surface area contributed by atoms with E-state index >= 15 is 0 Å². The minimum Gasteiger partial charge on any atom is -0.330 e. The summed E-state index contributed by atoms with van der Waals surface area (Å²) >= 11 is 0. The van der Waals surface area contributed by atoms with Crippen molar-refractivity contribution in [1.29, 1.82) is 0 Å². The number of benzene rings is 2. The molecule has 0 aromatic heterocycles. The molecule has 2 rings (SSSR count). The Morgan fingerprint density at radius 2 is 1.70 bits per heavy atom. The van der Waals surface area contributed by atoms with E-state index in [0.29, 0.717) is 0 Å². The van der Waals surface area contributed by atoms with Gasteiger partial charge in [0, 0.05) is 11.6 Å². The first-order valence-electron chi connectivity index (χ1n) is 7.43. The van der Waals surface area contributed by atoms with Crippen molar-refractivity contribution in [3.05, 3.63) is 70.3 Å². The third kappa shape index (κ3) is 4.37. The fraction of sp³-hybridized carbons (Fsp3) is 0.235. The number of nitrogens with zero attached hydrogens (tertiary/aromatic N) is 1. The van der Waals surface area contributed by atoms with Crippen LogP contribution in [0.2, 0.25) is 0 Å². The summed E-state index contributed by atoms with van der Waals surface area (Å²) in [6, 6.07) is 15.7. The number of nitrogens with one attached hydrogen (secondary N) is 1. The predicted molar refractivity (Wildman–Crippen MR) is 88.0 cm³/mol. The van der Waals surface area contributed by atoms with Gasteiger partial charge in [0.2, 0.25) is 0 Å². The molecular formula is C17H20N3O3+. The topological polar surface area (TPSA) is 88.8 Å². The molecule has 1 amide bonds. The lowest BCUT2D eigenvalue weighted by Gasteiger charge is -2.16. The number of amides is 1. The normalized spacial score (nSPS) is 13.1. The van der Waals surface area contributed by atoms with Crippen LogP contribution in [0.1, 0.15) is 25.5 Å². The molecule has 0 saturated carbocycles. The third-order valence-electron chi connectivity index (χ3n) is 3.67. The largest absolute Gasteiger partial charge is 0.330 e. The third-order valence-corrected chi connectivity index (χ3v) is 3.67. The second-order valence-corrected chi connectivity index (χ2v) is 5.44. The summed E-state index contributed by atoms with van der Waals surface area (Å²) in [5.74, 6) is -0.262. The van der Waals surface area contributed by atoms with Crippen molar-refractivity contribution in [1.82, 2.24) is 0 Å². The van der Waals surface area contributed by atoms with Crippen LogP contribution in [-0.4, -0.2) is 16.9 Å². The Hall–Kier alpha value is -2.73. The van der Waals surface area contributed by atoms with Crippen LogP contribution < -0.4 is 10.6 Å². The van der Waals surface area contributed by atoms with Gasteiger partial charge >= 0.3 is 0 Å². The van der Waals surface area contributed by atoms with Crippen LogP contribution in [0, 0.1) is 10.1 Å². The zero-order valence-corrected chi connectivity index (χ0v) is 13.1. The van der Waals surface area contributed by atoms with Gasteiger partial charge in [-0.2, -0.15) is 0 Å². The van der Waals surface area contributed by atoms with Crippen LogP contribution in [0.3, 0.4) is 0 Å². The van der Waals surface area contributed by atoms with Gasteiger partial charge in [0.25, 0.3) is 11.6 Å². The van der Waals surface area contributed by atoms with Crippen molar-refractivity contribution in [2.45, 2.75) is 25.9 Å². The highest BCUT2D eigenvalue weighted by atomic mass is 16.6. The summed E-state index contributed by atoms with van der Waals surface area (Å²) in [7, 11) is 0. The predicted octanol–water partition coefficient (Wildman–Crippen LogP) is 2.25. The maximum Gasteiger partial charge on any atom is 0.292 e. The maximum atomic E-state index is 12.3. The summed E-state index contributed by atoms with van der Waals surface area (Å²) in [5, 5.41) is 15.5. The van der Waals surface area contributed by atoms with Gasteiger partial charge in [0.15, 0.2) is 6.04 Å². The number of para-hydroxylation sites is 2. The van der Waals surface area contributed by atoms with Crippen LogP contribution in [-0.2, 0) is 4.79 Å². The standard InChI is InChI=1S/C17H19N3O3/c1-12(14-8-4-3-5-9-14)18-13(2)17(21)19-15-10-6-7-11-16(15)20(22)23/h3-13,18H,1-2H3,(H,19,21)/p+1/t12-,13+/m1/s1. The Labute approximate surface area is 134 Å². The van der Waals surface area contributed by atoms with Gasteiger partial charge in [-0.05, 0) is 19.9 Å². The molecule has 3 N–H and O–H groups in total. The molecule has 0 radical (unpaired) electrons. The fourth-order valence-electron chi connectivity index (χ4n) is 2.37. The van der Waals surface area contributed by atoms with E-state index < -0.39 is 4.92 Å². The summed E-state index contributed by atoms with van der Waals surface area (Å²) < 4.78 is 0. The molecule has 0 aliphatic heterocycles. The summed E-state index contributed by atoms with van der Waals surface area (Å²) in [6.45, 7) is 3.80. The minimum absolute atomic E-state index is 0.107. The van der Waals surface area contributed by atoms with Crippen molar-refractivity contribution in [2.24, 2.45) is 0 Å². The van der Waals surface area contributed by atoms with Gasteiger partial charge in [-0.15, -0.1) is 0 Å². The van der Waals surface area contributed by atoms with E-state index in [2.05, 4.69) is 5.32 Å².